The number of nitrogens with one attached hydrogen (secondary N) is 2. The molecule has 2 N–H and O–H groups in total. The number of benzene rings is 2. The Hall–Kier alpha value is -3.46. The van der Waals surface area contributed by atoms with Crippen molar-refractivity contribution in [1.82, 2.24) is 9.97 Å². The van der Waals surface area contributed by atoms with Crippen LogP contribution in [0.25, 0.3) is 0 Å². The first-order valence-corrected chi connectivity index (χ1v) is 11.2. The number of hydrogen-bond donors (Lipinski definition) is 2. The molecule has 3 rings (SSSR count). The van der Waals surface area contributed by atoms with Gasteiger partial charge in [0.15, 0.2) is 6.10 Å². The Bertz CT molecular complexity index is 1150. The van der Waals surface area contributed by atoms with Gasteiger partial charge in [-0.2, -0.15) is 0 Å². The molecule has 1 amide bonds. The molecular weight excluding hydrogens is 416 g/mol. The average Bonchev–Trinajstić information content (AvgIpc) is 2.75. The van der Waals surface area contributed by atoms with Crippen LogP contribution in [-0.4, -0.2) is 30.4 Å². The number of ether oxygens (including phenoxy) is 1. The fourth-order valence-corrected chi connectivity index (χ4v) is 3.76. The number of aromatic nitrogens is 2. The van der Waals surface area contributed by atoms with Crippen molar-refractivity contribution in [3.05, 3.63) is 72.1 Å². The van der Waals surface area contributed by atoms with Crippen LogP contribution in [0.15, 0.2) is 65.8 Å². The highest BCUT2D eigenvalue weighted by molar-refractivity contribution is 7.92. The van der Waals surface area contributed by atoms with Crippen LogP contribution in [0.3, 0.4) is 0 Å². The van der Waals surface area contributed by atoms with E-state index in [0.29, 0.717) is 17.9 Å². The van der Waals surface area contributed by atoms with Crippen LogP contribution in [0.1, 0.15) is 24.5 Å². The van der Waals surface area contributed by atoms with E-state index in [-0.39, 0.29) is 16.8 Å². The predicted octanol–water partition coefficient (Wildman–Crippen LogP) is 3.69. The van der Waals surface area contributed by atoms with E-state index in [1.807, 2.05) is 39.0 Å². The number of carbonyl (C=O) groups is 1. The van der Waals surface area contributed by atoms with E-state index in [1.165, 1.54) is 36.7 Å². The second-order valence-corrected chi connectivity index (χ2v) is 8.59. The van der Waals surface area contributed by atoms with E-state index in [0.717, 1.165) is 11.1 Å². The van der Waals surface area contributed by atoms with Crippen LogP contribution >= 0.6 is 0 Å². The summed E-state index contributed by atoms with van der Waals surface area (Å²) in [5.74, 6) is 0.335. The zero-order chi connectivity index (χ0) is 22.4. The van der Waals surface area contributed by atoms with Crippen molar-refractivity contribution in [2.45, 2.75) is 38.2 Å². The molecule has 162 valence electrons. The number of carbonyl (C=O) groups excluding carboxylic acids is 1. The van der Waals surface area contributed by atoms with Gasteiger partial charge in [-0.25, -0.2) is 23.1 Å². The average molecular weight is 441 g/mol. The van der Waals surface area contributed by atoms with Gasteiger partial charge in [0, 0.05) is 18.1 Å². The lowest BCUT2D eigenvalue weighted by atomic mass is 10.1. The van der Waals surface area contributed by atoms with Crippen LogP contribution < -0.4 is 14.8 Å². The molecule has 1 aromatic heterocycles. The van der Waals surface area contributed by atoms with E-state index >= 15 is 0 Å². The highest BCUT2D eigenvalue weighted by Crippen LogP contribution is 2.23. The molecule has 0 saturated heterocycles. The van der Waals surface area contributed by atoms with Gasteiger partial charge in [0.2, 0.25) is 5.95 Å². The lowest BCUT2D eigenvalue weighted by Gasteiger charge is -2.19. The van der Waals surface area contributed by atoms with E-state index in [4.69, 9.17) is 4.74 Å². The van der Waals surface area contributed by atoms with Gasteiger partial charge in [0.05, 0.1) is 4.90 Å². The maximum atomic E-state index is 12.7. The summed E-state index contributed by atoms with van der Waals surface area (Å²) in [7, 11) is -3.84. The maximum Gasteiger partial charge on any atom is 0.265 e. The van der Waals surface area contributed by atoms with Crippen molar-refractivity contribution in [3.63, 3.8) is 0 Å². The zero-order valence-electron chi connectivity index (χ0n) is 17.5. The van der Waals surface area contributed by atoms with E-state index in [9.17, 15) is 13.2 Å². The van der Waals surface area contributed by atoms with Crippen molar-refractivity contribution < 1.29 is 17.9 Å². The Morgan fingerprint density at radius 3 is 2.35 bits per heavy atom. The molecule has 31 heavy (non-hydrogen) atoms. The van der Waals surface area contributed by atoms with Crippen molar-refractivity contribution in [2.75, 3.05) is 10.0 Å². The maximum absolute atomic E-state index is 12.7. The first-order chi connectivity index (χ1) is 14.8. The van der Waals surface area contributed by atoms with Crippen molar-refractivity contribution in [1.29, 1.82) is 0 Å². The molecule has 9 heteroatoms. The van der Waals surface area contributed by atoms with Crippen LogP contribution in [0.5, 0.6) is 5.75 Å². The topological polar surface area (TPSA) is 110 Å². The summed E-state index contributed by atoms with van der Waals surface area (Å²) in [6.07, 6.45) is 2.68. The number of nitrogens with zero attached hydrogens (tertiary/aromatic N) is 2. The molecule has 0 aliphatic heterocycles. The molecule has 1 heterocycles. The molecule has 0 radical (unpaired) electrons. The van der Waals surface area contributed by atoms with Crippen LogP contribution in [0.2, 0.25) is 0 Å². The molecule has 8 nitrogen and oxygen atoms in total. The molecule has 0 aliphatic carbocycles. The molecule has 0 unspecified atom stereocenters. The van der Waals surface area contributed by atoms with Crippen molar-refractivity contribution in [2.24, 2.45) is 0 Å². The Morgan fingerprint density at radius 2 is 1.71 bits per heavy atom. The molecule has 1 atom stereocenters. The molecule has 0 saturated carbocycles. The quantitative estimate of drug-likeness (QED) is 0.553. The Kier molecular flexibility index (Phi) is 6.86. The largest absolute Gasteiger partial charge is 0.480 e. The minimum atomic E-state index is -3.84. The minimum Gasteiger partial charge on any atom is -0.480 e. The lowest BCUT2D eigenvalue weighted by molar-refractivity contribution is -0.122. The van der Waals surface area contributed by atoms with Gasteiger partial charge in [0.25, 0.3) is 15.9 Å². The summed E-state index contributed by atoms with van der Waals surface area (Å²) in [4.78, 5) is 20.4. The van der Waals surface area contributed by atoms with Crippen molar-refractivity contribution in [3.8, 4) is 5.75 Å². The van der Waals surface area contributed by atoms with Gasteiger partial charge in [0.1, 0.15) is 5.75 Å². The second-order valence-electron chi connectivity index (χ2n) is 6.90. The predicted molar refractivity (Wildman–Crippen MR) is 119 cm³/mol. The van der Waals surface area contributed by atoms with Gasteiger partial charge >= 0.3 is 0 Å². The molecule has 0 aliphatic rings. The third-order valence-electron chi connectivity index (χ3n) is 4.71. The number of amides is 1. The summed E-state index contributed by atoms with van der Waals surface area (Å²) in [6.45, 7) is 5.79. The fourth-order valence-electron chi connectivity index (χ4n) is 2.80. The SMILES string of the molecule is CC[C@@H](Oc1cccc(C)c1C)C(=O)Nc1ccc(S(=O)(=O)Nc2ncccn2)cc1. The first-order valence-electron chi connectivity index (χ1n) is 9.74. The van der Waals surface area contributed by atoms with Gasteiger partial charge < -0.3 is 10.1 Å². The second kappa shape index (κ2) is 9.57. The normalized spacial score (nSPS) is 12.1. The third-order valence-corrected chi connectivity index (χ3v) is 6.06. The third kappa shape index (κ3) is 5.58. The van der Waals surface area contributed by atoms with Gasteiger partial charge in [-0.05, 0) is 67.8 Å². The summed E-state index contributed by atoms with van der Waals surface area (Å²) < 4.78 is 33.1. The minimum absolute atomic E-state index is 0.0192. The Morgan fingerprint density at radius 1 is 1.03 bits per heavy atom. The molecule has 3 aromatic rings. The van der Waals surface area contributed by atoms with Crippen LogP contribution in [0, 0.1) is 13.8 Å². The molecule has 0 spiro atoms. The molecule has 0 bridgehead atoms. The van der Waals surface area contributed by atoms with Gasteiger partial charge in [-0.15, -0.1) is 0 Å². The summed E-state index contributed by atoms with van der Waals surface area (Å²) in [5.41, 5.74) is 2.53. The highest BCUT2D eigenvalue weighted by atomic mass is 32.2. The van der Waals surface area contributed by atoms with Crippen molar-refractivity contribution >= 4 is 27.6 Å². The van der Waals surface area contributed by atoms with Gasteiger partial charge in [-0.3, -0.25) is 4.79 Å². The standard InChI is InChI=1S/C22H24N4O4S/c1-4-19(30-20-8-5-7-15(2)16(20)3)21(27)25-17-9-11-18(12-10-17)31(28,29)26-22-23-13-6-14-24-22/h5-14,19H,4H2,1-3H3,(H,25,27)(H,23,24,26)/t19-/m1/s1. The first kappa shape index (κ1) is 22.2. The fraction of sp³-hybridized carbons (Fsp3) is 0.227. The van der Waals surface area contributed by atoms with Gasteiger partial charge in [-0.1, -0.05) is 19.1 Å². The summed E-state index contributed by atoms with van der Waals surface area (Å²) in [6, 6.07) is 13.1. The highest BCUT2D eigenvalue weighted by Gasteiger charge is 2.20. The van der Waals surface area contributed by atoms with E-state index in [1.54, 1.807) is 6.07 Å². The smallest absolute Gasteiger partial charge is 0.265 e. The van der Waals surface area contributed by atoms with E-state index < -0.39 is 16.1 Å². The summed E-state index contributed by atoms with van der Waals surface area (Å²) >= 11 is 0. The van der Waals surface area contributed by atoms with E-state index in [2.05, 4.69) is 20.0 Å². The molecule has 2 aromatic carbocycles. The number of rotatable bonds is 8. The summed E-state index contributed by atoms with van der Waals surface area (Å²) in [5, 5.41) is 2.77. The molecule has 0 fully saturated rings. The number of aryl methyl sites for hydroxylation is 1. The number of sulfonamides is 1. The van der Waals surface area contributed by atoms with Crippen LogP contribution in [0.4, 0.5) is 11.6 Å². The Labute approximate surface area is 181 Å². The number of anilines is 2. The zero-order valence-corrected chi connectivity index (χ0v) is 18.3. The Balaban J connectivity index is 1.68. The number of hydrogen-bond acceptors (Lipinski definition) is 6. The monoisotopic (exact) mass is 440 g/mol. The lowest BCUT2D eigenvalue weighted by Crippen LogP contribution is -2.32. The molecular formula is C22H24N4O4S. The van der Waals surface area contributed by atoms with Crippen LogP contribution in [-0.2, 0) is 14.8 Å².